The van der Waals surface area contributed by atoms with Gasteiger partial charge in [-0.1, -0.05) is 0 Å². The molecule has 0 aliphatic carbocycles. The standard InChI is InChI=1S/C30H47OPSe/c1-8-9-20-31-21-24-32(33,22-18-25-10-14-27(15-11-25)29(2,3)4)23-19-26-12-16-28(17-13-26)30(5,6)7/h10-17H,8-9,18-24H2,1-7H3. The molecule has 0 aromatic heterocycles. The van der Waals surface area contributed by atoms with Crippen molar-refractivity contribution < 1.29 is 4.74 Å². The van der Waals surface area contributed by atoms with E-state index in [4.69, 9.17) is 4.74 Å². The normalized spacial score (nSPS) is 12.8. The molecule has 2 rings (SSSR count). The summed E-state index contributed by atoms with van der Waals surface area (Å²) in [6, 6.07) is 18.6. The van der Waals surface area contributed by atoms with Gasteiger partial charge in [0.1, 0.15) is 0 Å². The number of ether oxygens (including phenoxy) is 1. The van der Waals surface area contributed by atoms with Crippen molar-refractivity contribution in [1.29, 1.82) is 0 Å². The molecule has 0 saturated heterocycles. The molecule has 1 nitrogen and oxygen atoms in total. The van der Waals surface area contributed by atoms with Crippen molar-refractivity contribution in [1.82, 2.24) is 0 Å². The van der Waals surface area contributed by atoms with Gasteiger partial charge < -0.3 is 0 Å². The van der Waals surface area contributed by atoms with Gasteiger partial charge in [-0.3, -0.25) is 0 Å². The monoisotopic (exact) mass is 534 g/mol. The summed E-state index contributed by atoms with van der Waals surface area (Å²) >= 11 is 3.72. The molecular formula is C30H47OPSe. The van der Waals surface area contributed by atoms with Gasteiger partial charge in [0.05, 0.1) is 0 Å². The third kappa shape index (κ3) is 10.2. The summed E-state index contributed by atoms with van der Waals surface area (Å²) in [4.78, 5) is 0. The summed E-state index contributed by atoms with van der Waals surface area (Å²) < 4.78 is 5.99. The molecule has 0 saturated carbocycles. The average Bonchev–Trinajstić information content (AvgIpc) is 2.76. The van der Waals surface area contributed by atoms with E-state index in [-0.39, 0.29) is 10.8 Å². The minimum atomic E-state index is -1.19. The Morgan fingerprint density at radius 3 is 1.45 bits per heavy atom. The van der Waals surface area contributed by atoms with Crippen LogP contribution in [0.5, 0.6) is 0 Å². The Labute approximate surface area is 212 Å². The summed E-state index contributed by atoms with van der Waals surface area (Å²) in [5.41, 5.74) is 5.00. The average molecular weight is 534 g/mol. The molecule has 3 heteroatoms. The Balaban J connectivity index is 2.02. The molecule has 2 aromatic carbocycles. The van der Waals surface area contributed by atoms with Crippen LogP contribution >= 0.6 is 5.51 Å². The second-order valence-corrected chi connectivity index (χ2v) is 19.9. The Morgan fingerprint density at radius 1 is 0.667 bits per heavy atom. The third-order valence-electron chi connectivity index (χ3n) is 6.54. The second kappa shape index (κ2) is 12.9. The molecule has 2 aromatic rings. The van der Waals surface area contributed by atoms with Crippen LogP contribution in [-0.4, -0.2) is 46.8 Å². The Kier molecular flexibility index (Phi) is 11.2. The predicted molar refractivity (Wildman–Crippen MR) is 151 cm³/mol. The van der Waals surface area contributed by atoms with Crippen molar-refractivity contribution >= 4 is 20.6 Å². The van der Waals surface area contributed by atoms with Crippen LogP contribution in [0.4, 0.5) is 0 Å². The summed E-state index contributed by atoms with van der Waals surface area (Å²) in [6.45, 7) is 17.7. The van der Waals surface area contributed by atoms with Crippen molar-refractivity contribution in [3.63, 3.8) is 0 Å². The molecule has 0 amide bonds. The molecule has 0 bridgehead atoms. The summed E-state index contributed by atoms with van der Waals surface area (Å²) in [7, 11) is 0. The molecule has 0 atom stereocenters. The third-order valence-corrected chi connectivity index (χ3v) is 13.1. The maximum absolute atomic E-state index is 5.99. The fraction of sp³-hybridized carbons (Fsp3) is 0.600. The van der Waals surface area contributed by atoms with Crippen LogP contribution in [0.1, 0.15) is 83.6 Å². The van der Waals surface area contributed by atoms with Gasteiger partial charge in [0.15, 0.2) is 0 Å². The maximum atomic E-state index is 5.99. The number of hydrogen-bond donors (Lipinski definition) is 0. The number of unbranched alkanes of at least 4 members (excludes halogenated alkanes) is 1. The first-order valence-electron chi connectivity index (χ1n) is 12.8. The fourth-order valence-corrected chi connectivity index (χ4v) is 8.01. The van der Waals surface area contributed by atoms with E-state index in [1.807, 2.05) is 0 Å². The van der Waals surface area contributed by atoms with E-state index in [0.29, 0.717) is 0 Å². The second-order valence-electron chi connectivity index (χ2n) is 11.6. The first-order chi connectivity index (χ1) is 15.4. The van der Waals surface area contributed by atoms with Gasteiger partial charge in [-0.15, -0.1) is 0 Å². The molecule has 0 N–H and O–H groups in total. The van der Waals surface area contributed by atoms with Gasteiger partial charge in [0.2, 0.25) is 0 Å². The van der Waals surface area contributed by atoms with E-state index in [9.17, 15) is 0 Å². The van der Waals surface area contributed by atoms with Crippen LogP contribution in [0.15, 0.2) is 48.5 Å². The number of aryl methyl sites for hydroxylation is 2. The molecule has 0 radical (unpaired) electrons. The van der Waals surface area contributed by atoms with Crippen LogP contribution in [0.3, 0.4) is 0 Å². The zero-order valence-corrected chi connectivity index (χ0v) is 24.9. The molecular weight excluding hydrogens is 486 g/mol. The summed E-state index contributed by atoms with van der Waals surface area (Å²) in [6.07, 6.45) is 8.40. The molecule has 33 heavy (non-hydrogen) atoms. The van der Waals surface area contributed by atoms with Crippen molar-refractivity contribution in [2.45, 2.75) is 85.0 Å². The van der Waals surface area contributed by atoms with Gasteiger partial charge in [-0.2, -0.15) is 0 Å². The van der Waals surface area contributed by atoms with Gasteiger partial charge in [-0.05, 0) is 0 Å². The zero-order chi connectivity index (χ0) is 24.5. The van der Waals surface area contributed by atoms with E-state index < -0.39 is 5.51 Å². The van der Waals surface area contributed by atoms with Crippen LogP contribution in [0.25, 0.3) is 0 Å². The van der Waals surface area contributed by atoms with Crippen molar-refractivity contribution in [2.75, 3.05) is 31.7 Å². The van der Waals surface area contributed by atoms with Gasteiger partial charge >= 0.3 is 213 Å². The van der Waals surface area contributed by atoms with Gasteiger partial charge in [0.25, 0.3) is 0 Å². The number of hydrogen-bond acceptors (Lipinski definition) is 1. The van der Waals surface area contributed by atoms with E-state index in [1.165, 1.54) is 53.6 Å². The van der Waals surface area contributed by atoms with Crippen molar-refractivity contribution in [3.05, 3.63) is 70.8 Å². The molecule has 0 spiro atoms. The van der Waals surface area contributed by atoms with E-state index in [2.05, 4.69) is 112 Å². The quantitative estimate of drug-likeness (QED) is 0.153. The van der Waals surface area contributed by atoms with Crippen LogP contribution in [-0.2, 0) is 28.4 Å². The molecule has 0 heterocycles. The Morgan fingerprint density at radius 2 is 1.09 bits per heavy atom. The Hall–Kier alpha value is -0.651. The van der Waals surface area contributed by atoms with Crippen molar-refractivity contribution in [3.8, 4) is 0 Å². The summed E-state index contributed by atoms with van der Waals surface area (Å²) in [5, 5.41) is 0. The molecule has 0 aliphatic rings. The van der Waals surface area contributed by atoms with E-state index in [1.54, 1.807) is 0 Å². The van der Waals surface area contributed by atoms with Crippen LogP contribution in [0, 0.1) is 0 Å². The zero-order valence-electron chi connectivity index (χ0n) is 22.2. The molecule has 0 aliphatic heterocycles. The van der Waals surface area contributed by atoms with E-state index >= 15 is 0 Å². The van der Waals surface area contributed by atoms with Gasteiger partial charge in [0, 0.05) is 0 Å². The molecule has 184 valence electrons. The summed E-state index contributed by atoms with van der Waals surface area (Å²) in [5.74, 6) is 0. The molecule has 0 unspecified atom stereocenters. The topological polar surface area (TPSA) is 9.23 Å². The van der Waals surface area contributed by atoms with E-state index in [0.717, 1.165) is 26.1 Å². The number of rotatable bonds is 12. The van der Waals surface area contributed by atoms with Crippen molar-refractivity contribution in [2.24, 2.45) is 0 Å². The Bertz CT molecular complexity index is 804. The molecule has 0 fully saturated rings. The predicted octanol–water partition coefficient (Wildman–Crippen LogP) is 7.98. The fourth-order valence-electron chi connectivity index (χ4n) is 3.92. The number of benzene rings is 2. The van der Waals surface area contributed by atoms with Crippen LogP contribution < -0.4 is 0 Å². The first kappa shape index (κ1) is 28.6. The minimum absolute atomic E-state index is 0.214. The SMILES string of the molecule is CCCCOCCP(=[Se])(CCc1ccc(C(C)(C)C)cc1)CCc1ccc(C(C)(C)C)cc1. The van der Waals surface area contributed by atoms with Gasteiger partial charge in [-0.25, -0.2) is 0 Å². The van der Waals surface area contributed by atoms with Crippen LogP contribution in [0.2, 0.25) is 0 Å². The first-order valence-corrected chi connectivity index (χ1v) is 17.3.